The summed E-state index contributed by atoms with van der Waals surface area (Å²) in [6.45, 7) is 11.1. The summed E-state index contributed by atoms with van der Waals surface area (Å²) < 4.78 is 0. The Bertz CT molecular complexity index is 378. The van der Waals surface area contributed by atoms with Crippen LogP contribution in [0.4, 0.5) is 0 Å². The lowest BCUT2D eigenvalue weighted by atomic mass is 9.86. The second kappa shape index (κ2) is 4.71. The van der Waals surface area contributed by atoms with Crippen molar-refractivity contribution in [2.24, 2.45) is 11.1 Å². The van der Waals surface area contributed by atoms with Crippen LogP contribution >= 0.6 is 11.3 Å². The van der Waals surface area contributed by atoms with Gasteiger partial charge in [-0.3, -0.25) is 4.90 Å². The Kier molecular flexibility index (Phi) is 3.62. The summed E-state index contributed by atoms with van der Waals surface area (Å²) in [6, 6.07) is 3.04. The van der Waals surface area contributed by atoms with Crippen LogP contribution in [0.25, 0.3) is 0 Å². The summed E-state index contributed by atoms with van der Waals surface area (Å²) in [4.78, 5) is 4.10. The lowest BCUT2D eigenvalue weighted by Crippen LogP contribution is -2.47. The highest BCUT2D eigenvalue weighted by Crippen LogP contribution is 2.33. The third kappa shape index (κ3) is 2.72. The highest BCUT2D eigenvalue weighted by atomic mass is 32.1. The lowest BCUT2D eigenvalue weighted by molar-refractivity contribution is 0.152. The van der Waals surface area contributed by atoms with Crippen LogP contribution in [-0.4, -0.2) is 24.0 Å². The van der Waals surface area contributed by atoms with Gasteiger partial charge in [0.2, 0.25) is 0 Å². The Morgan fingerprint density at radius 1 is 1.53 bits per heavy atom. The highest BCUT2D eigenvalue weighted by molar-refractivity contribution is 7.10. The normalized spacial score (nSPS) is 23.5. The van der Waals surface area contributed by atoms with Crippen molar-refractivity contribution in [2.45, 2.75) is 46.2 Å². The molecule has 2 unspecified atom stereocenters. The van der Waals surface area contributed by atoms with E-state index in [1.54, 1.807) is 4.88 Å². The van der Waals surface area contributed by atoms with E-state index in [-0.39, 0.29) is 11.5 Å². The maximum absolute atomic E-state index is 6.30. The van der Waals surface area contributed by atoms with Crippen molar-refractivity contribution in [1.82, 2.24) is 4.90 Å². The molecule has 2 atom stereocenters. The fraction of sp³-hybridized carbons (Fsp3) is 0.714. The van der Waals surface area contributed by atoms with Crippen LogP contribution in [0.15, 0.2) is 11.4 Å². The zero-order valence-electron chi connectivity index (χ0n) is 11.4. The molecule has 3 heteroatoms. The number of hydrogen-bond acceptors (Lipinski definition) is 3. The standard InChI is InChI=1S/C14H24N2S/c1-10-11-6-8-17-12(11)5-7-16(10)9-13(15)14(2,3)4/h6,8,10,13H,5,7,9,15H2,1-4H3. The smallest absolute Gasteiger partial charge is 0.0331 e. The third-order valence-corrected chi connectivity index (χ3v) is 4.94. The van der Waals surface area contributed by atoms with Crippen LogP contribution in [0.2, 0.25) is 0 Å². The molecule has 0 aromatic carbocycles. The summed E-state index contributed by atoms with van der Waals surface area (Å²) in [6.07, 6.45) is 1.19. The molecular weight excluding hydrogens is 228 g/mol. The Morgan fingerprint density at radius 2 is 2.24 bits per heavy atom. The molecule has 2 rings (SSSR count). The third-order valence-electron chi connectivity index (χ3n) is 3.95. The first-order valence-corrected chi connectivity index (χ1v) is 7.33. The first kappa shape index (κ1) is 13.1. The molecule has 1 aromatic heterocycles. The maximum Gasteiger partial charge on any atom is 0.0331 e. The van der Waals surface area contributed by atoms with Gasteiger partial charge >= 0.3 is 0 Å². The number of nitrogens with two attached hydrogens (primary N) is 1. The van der Waals surface area contributed by atoms with Crippen molar-refractivity contribution >= 4 is 11.3 Å². The van der Waals surface area contributed by atoms with Gasteiger partial charge in [0.15, 0.2) is 0 Å². The van der Waals surface area contributed by atoms with Crippen molar-refractivity contribution in [3.05, 3.63) is 21.9 Å². The molecule has 1 aliphatic rings. The largest absolute Gasteiger partial charge is 0.326 e. The van der Waals surface area contributed by atoms with Gasteiger partial charge in [-0.2, -0.15) is 0 Å². The second-order valence-electron chi connectivity index (χ2n) is 6.19. The summed E-state index contributed by atoms with van der Waals surface area (Å²) in [5.74, 6) is 0. The zero-order valence-corrected chi connectivity index (χ0v) is 12.2. The summed E-state index contributed by atoms with van der Waals surface area (Å²) in [5, 5.41) is 2.22. The minimum absolute atomic E-state index is 0.189. The Hall–Kier alpha value is -0.380. The quantitative estimate of drug-likeness (QED) is 0.876. The van der Waals surface area contributed by atoms with Gasteiger partial charge in [-0.05, 0) is 35.8 Å². The van der Waals surface area contributed by atoms with Crippen LogP contribution in [0.1, 0.15) is 44.2 Å². The first-order valence-electron chi connectivity index (χ1n) is 6.45. The minimum atomic E-state index is 0.189. The molecule has 0 aliphatic carbocycles. The summed E-state index contributed by atoms with van der Waals surface area (Å²) in [5.41, 5.74) is 8.01. The molecular formula is C14H24N2S. The SMILES string of the molecule is CC1c2ccsc2CCN1CC(N)C(C)(C)C. The number of thiophene rings is 1. The Morgan fingerprint density at radius 3 is 2.88 bits per heavy atom. The molecule has 0 bridgehead atoms. The molecule has 0 saturated carbocycles. The van der Waals surface area contributed by atoms with E-state index in [4.69, 9.17) is 5.73 Å². The predicted molar refractivity (Wildman–Crippen MR) is 75.4 cm³/mol. The average molecular weight is 252 g/mol. The number of hydrogen-bond donors (Lipinski definition) is 1. The molecule has 2 heterocycles. The number of fused-ring (bicyclic) bond motifs is 1. The van der Waals surface area contributed by atoms with Crippen LogP contribution in [-0.2, 0) is 6.42 Å². The Labute approximate surface area is 109 Å². The van der Waals surface area contributed by atoms with Gasteiger partial charge < -0.3 is 5.73 Å². The van der Waals surface area contributed by atoms with E-state index in [0.717, 1.165) is 13.1 Å². The molecule has 1 aromatic rings. The fourth-order valence-corrected chi connectivity index (χ4v) is 3.30. The van der Waals surface area contributed by atoms with E-state index >= 15 is 0 Å². The maximum atomic E-state index is 6.30. The first-order chi connectivity index (χ1) is 7.89. The van der Waals surface area contributed by atoms with Gasteiger partial charge in [0.25, 0.3) is 0 Å². The van der Waals surface area contributed by atoms with Gasteiger partial charge in [-0.15, -0.1) is 11.3 Å². The summed E-state index contributed by atoms with van der Waals surface area (Å²) in [7, 11) is 0. The molecule has 0 saturated heterocycles. The van der Waals surface area contributed by atoms with Crippen molar-refractivity contribution in [3.8, 4) is 0 Å². The highest BCUT2D eigenvalue weighted by Gasteiger charge is 2.29. The second-order valence-corrected chi connectivity index (χ2v) is 7.19. The van der Waals surface area contributed by atoms with Crippen molar-refractivity contribution in [3.63, 3.8) is 0 Å². The van der Waals surface area contributed by atoms with Gasteiger partial charge in [-0.1, -0.05) is 20.8 Å². The topological polar surface area (TPSA) is 29.3 Å². The van der Waals surface area contributed by atoms with E-state index in [0.29, 0.717) is 6.04 Å². The summed E-state index contributed by atoms with van der Waals surface area (Å²) >= 11 is 1.90. The molecule has 0 spiro atoms. The molecule has 0 fully saturated rings. The van der Waals surface area contributed by atoms with Crippen molar-refractivity contribution < 1.29 is 0 Å². The number of nitrogens with zero attached hydrogens (tertiary/aromatic N) is 1. The fourth-order valence-electron chi connectivity index (χ4n) is 2.34. The van der Waals surface area contributed by atoms with Gasteiger partial charge in [-0.25, -0.2) is 0 Å². The Balaban J connectivity index is 2.06. The molecule has 2 nitrogen and oxygen atoms in total. The van der Waals surface area contributed by atoms with E-state index < -0.39 is 0 Å². The zero-order chi connectivity index (χ0) is 12.6. The molecule has 0 radical (unpaired) electrons. The van der Waals surface area contributed by atoms with Crippen LogP contribution < -0.4 is 5.73 Å². The van der Waals surface area contributed by atoms with Crippen molar-refractivity contribution in [2.75, 3.05) is 13.1 Å². The van der Waals surface area contributed by atoms with Gasteiger partial charge in [0.05, 0.1) is 0 Å². The average Bonchev–Trinajstić information content (AvgIpc) is 2.69. The monoisotopic (exact) mass is 252 g/mol. The molecule has 17 heavy (non-hydrogen) atoms. The molecule has 96 valence electrons. The lowest BCUT2D eigenvalue weighted by Gasteiger charge is -2.38. The van der Waals surface area contributed by atoms with Crippen LogP contribution in [0.5, 0.6) is 0 Å². The molecule has 2 N–H and O–H groups in total. The molecule has 1 aliphatic heterocycles. The van der Waals surface area contributed by atoms with E-state index in [2.05, 4.69) is 44.0 Å². The predicted octanol–water partition coefficient (Wildman–Crippen LogP) is 3.04. The van der Waals surface area contributed by atoms with E-state index in [9.17, 15) is 0 Å². The van der Waals surface area contributed by atoms with Gasteiger partial charge in [0, 0.05) is 30.1 Å². The minimum Gasteiger partial charge on any atom is -0.326 e. The van der Waals surface area contributed by atoms with E-state index in [1.807, 2.05) is 11.3 Å². The van der Waals surface area contributed by atoms with E-state index in [1.165, 1.54) is 12.0 Å². The van der Waals surface area contributed by atoms with Crippen molar-refractivity contribution in [1.29, 1.82) is 0 Å². The number of rotatable bonds is 2. The van der Waals surface area contributed by atoms with Crippen LogP contribution in [0.3, 0.4) is 0 Å². The van der Waals surface area contributed by atoms with Crippen LogP contribution in [0, 0.1) is 5.41 Å². The van der Waals surface area contributed by atoms with Gasteiger partial charge in [0.1, 0.15) is 0 Å². The molecule has 0 amide bonds.